The molecule has 0 spiro atoms. The van der Waals surface area contributed by atoms with Crippen molar-refractivity contribution >= 4 is 16.9 Å². The second-order valence-electron chi connectivity index (χ2n) is 4.08. The van der Waals surface area contributed by atoms with Crippen LogP contribution in [0.2, 0.25) is 0 Å². The predicted octanol–water partition coefficient (Wildman–Crippen LogP) is 3.29. The molecule has 3 aromatic rings. The lowest BCUT2D eigenvalue weighted by atomic mass is 10.0. The van der Waals surface area contributed by atoms with Crippen LogP contribution in [0.5, 0.6) is 0 Å². The van der Waals surface area contributed by atoms with Crippen molar-refractivity contribution in [3.05, 3.63) is 35.6 Å². The van der Waals surface area contributed by atoms with Gasteiger partial charge in [-0.1, -0.05) is 17.3 Å². The van der Waals surface area contributed by atoms with Crippen LogP contribution < -0.4 is 5.73 Å². The summed E-state index contributed by atoms with van der Waals surface area (Å²) in [6.45, 7) is 3.99. The monoisotopic (exact) mass is 228 g/mol. The molecule has 0 amide bonds. The number of hydrogen-bond acceptors (Lipinski definition) is 4. The number of nitrogens with two attached hydrogens (primary N) is 1. The lowest BCUT2D eigenvalue weighted by Crippen LogP contribution is -1.81. The molecule has 0 saturated heterocycles. The first-order chi connectivity index (χ1) is 8.16. The molecule has 0 saturated carbocycles. The highest BCUT2D eigenvalue weighted by molar-refractivity contribution is 5.96. The van der Waals surface area contributed by atoms with Gasteiger partial charge in [-0.05, 0) is 25.5 Å². The van der Waals surface area contributed by atoms with Crippen molar-refractivity contribution in [2.75, 3.05) is 5.73 Å². The Morgan fingerprint density at radius 2 is 2.06 bits per heavy atom. The fourth-order valence-electron chi connectivity index (χ4n) is 2.05. The second-order valence-corrected chi connectivity index (χ2v) is 4.08. The molecule has 86 valence electrons. The van der Waals surface area contributed by atoms with Crippen molar-refractivity contribution in [2.24, 2.45) is 0 Å². The minimum absolute atomic E-state index is 0.315. The third-order valence-corrected chi connectivity index (χ3v) is 3.00. The number of fused-ring (bicyclic) bond motifs is 1. The number of nitrogen functional groups attached to an aromatic ring is 1. The largest absolute Gasteiger partial charge is 0.461 e. The summed E-state index contributed by atoms with van der Waals surface area (Å²) in [6.07, 6.45) is 0. The third-order valence-electron chi connectivity index (χ3n) is 3.00. The Morgan fingerprint density at radius 1 is 1.24 bits per heavy atom. The zero-order valence-electron chi connectivity index (χ0n) is 9.65. The van der Waals surface area contributed by atoms with Crippen LogP contribution in [0.4, 0.5) is 5.88 Å². The molecule has 0 bridgehead atoms. The summed E-state index contributed by atoms with van der Waals surface area (Å²) in [5, 5.41) is 5.01. The molecule has 0 fully saturated rings. The van der Waals surface area contributed by atoms with Crippen LogP contribution in [-0.4, -0.2) is 5.16 Å². The van der Waals surface area contributed by atoms with Gasteiger partial charge in [-0.15, -0.1) is 0 Å². The summed E-state index contributed by atoms with van der Waals surface area (Å²) < 4.78 is 10.6. The number of aryl methyl sites for hydroxylation is 2. The second kappa shape index (κ2) is 3.38. The van der Waals surface area contributed by atoms with Gasteiger partial charge in [0.05, 0.1) is 0 Å². The highest BCUT2D eigenvalue weighted by Gasteiger charge is 2.14. The van der Waals surface area contributed by atoms with E-state index in [1.165, 1.54) is 0 Å². The van der Waals surface area contributed by atoms with Crippen molar-refractivity contribution < 1.29 is 8.94 Å². The first-order valence-corrected chi connectivity index (χ1v) is 5.38. The van der Waals surface area contributed by atoms with Crippen LogP contribution in [0.1, 0.15) is 11.3 Å². The van der Waals surface area contributed by atoms with Gasteiger partial charge in [0.2, 0.25) is 5.88 Å². The van der Waals surface area contributed by atoms with Crippen LogP contribution >= 0.6 is 0 Å². The maximum absolute atomic E-state index is 5.68. The number of nitrogens with zero attached hydrogens (tertiary/aromatic N) is 1. The van der Waals surface area contributed by atoms with Gasteiger partial charge < -0.3 is 14.7 Å². The topological polar surface area (TPSA) is 65.2 Å². The van der Waals surface area contributed by atoms with Crippen molar-refractivity contribution in [1.29, 1.82) is 0 Å². The molecule has 0 aliphatic carbocycles. The van der Waals surface area contributed by atoms with Crippen LogP contribution in [0.3, 0.4) is 0 Å². The summed E-state index contributed by atoms with van der Waals surface area (Å²) in [6, 6.07) is 7.59. The van der Waals surface area contributed by atoms with Gasteiger partial charge in [-0.2, -0.15) is 0 Å². The van der Waals surface area contributed by atoms with Crippen LogP contribution in [0.25, 0.3) is 22.2 Å². The molecule has 2 heterocycles. The van der Waals surface area contributed by atoms with Crippen LogP contribution in [0.15, 0.2) is 33.2 Å². The lowest BCUT2D eigenvalue weighted by Gasteiger charge is -1.98. The average Bonchev–Trinajstić information content (AvgIpc) is 2.85. The SMILES string of the molecule is Cc1oc2cccc(-c3cc(N)on3)c2c1C. The number of rotatable bonds is 1. The number of anilines is 1. The molecule has 2 aromatic heterocycles. The van der Waals surface area contributed by atoms with Gasteiger partial charge >= 0.3 is 0 Å². The molecular formula is C13H12N2O2. The zero-order chi connectivity index (χ0) is 12.0. The maximum Gasteiger partial charge on any atom is 0.222 e. The first-order valence-electron chi connectivity index (χ1n) is 5.38. The van der Waals surface area contributed by atoms with Gasteiger partial charge in [0.25, 0.3) is 0 Å². The summed E-state index contributed by atoms with van der Waals surface area (Å²) in [4.78, 5) is 0. The molecule has 0 aliphatic rings. The summed E-state index contributed by atoms with van der Waals surface area (Å²) in [5.41, 5.74) is 9.25. The van der Waals surface area contributed by atoms with E-state index >= 15 is 0 Å². The molecule has 1 aromatic carbocycles. The Bertz CT molecular complexity index is 695. The summed E-state index contributed by atoms with van der Waals surface area (Å²) in [7, 11) is 0. The third kappa shape index (κ3) is 1.41. The van der Waals surface area contributed by atoms with E-state index in [1.807, 2.05) is 32.0 Å². The minimum atomic E-state index is 0.315. The van der Waals surface area contributed by atoms with Gasteiger partial charge in [0.15, 0.2) is 0 Å². The van der Waals surface area contributed by atoms with Crippen LogP contribution in [-0.2, 0) is 0 Å². The molecule has 17 heavy (non-hydrogen) atoms. The van der Waals surface area contributed by atoms with Gasteiger partial charge in [0, 0.05) is 17.0 Å². The fourth-order valence-corrected chi connectivity index (χ4v) is 2.05. The number of aromatic nitrogens is 1. The highest BCUT2D eigenvalue weighted by atomic mass is 16.5. The number of hydrogen-bond donors (Lipinski definition) is 1. The minimum Gasteiger partial charge on any atom is -0.461 e. The molecule has 0 radical (unpaired) electrons. The zero-order valence-corrected chi connectivity index (χ0v) is 9.65. The quantitative estimate of drug-likeness (QED) is 0.694. The number of benzene rings is 1. The van der Waals surface area contributed by atoms with Gasteiger partial charge in [0.1, 0.15) is 17.0 Å². The molecular weight excluding hydrogens is 216 g/mol. The maximum atomic E-state index is 5.68. The molecule has 4 heteroatoms. The lowest BCUT2D eigenvalue weighted by molar-refractivity contribution is 0.439. The van der Waals surface area contributed by atoms with E-state index < -0.39 is 0 Å². The van der Waals surface area contributed by atoms with E-state index in [9.17, 15) is 0 Å². The van der Waals surface area contributed by atoms with E-state index in [4.69, 9.17) is 14.7 Å². The average molecular weight is 228 g/mol. The Morgan fingerprint density at radius 3 is 2.76 bits per heavy atom. The molecule has 3 rings (SSSR count). The molecule has 0 atom stereocenters. The van der Waals surface area contributed by atoms with E-state index in [0.717, 1.165) is 33.6 Å². The summed E-state index contributed by atoms with van der Waals surface area (Å²) >= 11 is 0. The summed E-state index contributed by atoms with van der Waals surface area (Å²) in [5.74, 6) is 1.23. The van der Waals surface area contributed by atoms with E-state index in [1.54, 1.807) is 6.07 Å². The standard InChI is InChI=1S/C13H12N2O2/c1-7-8(2)16-11-5-3-4-9(13(7)11)10-6-12(14)17-15-10/h3-6H,14H2,1-2H3. The van der Waals surface area contributed by atoms with E-state index in [2.05, 4.69) is 5.16 Å². The van der Waals surface area contributed by atoms with Gasteiger partial charge in [-0.25, -0.2) is 0 Å². The first kappa shape index (κ1) is 9.96. The molecule has 4 nitrogen and oxygen atoms in total. The number of furan rings is 1. The smallest absolute Gasteiger partial charge is 0.222 e. The molecule has 2 N–H and O–H groups in total. The Kier molecular flexibility index (Phi) is 1.98. The molecule has 0 unspecified atom stereocenters. The van der Waals surface area contributed by atoms with Crippen molar-refractivity contribution in [3.8, 4) is 11.3 Å². The Hall–Kier alpha value is -2.23. The van der Waals surface area contributed by atoms with Crippen molar-refractivity contribution in [1.82, 2.24) is 5.16 Å². The Balaban J connectivity index is 2.36. The van der Waals surface area contributed by atoms with E-state index in [-0.39, 0.29) is 0 Å². The van der Waals surface area contributed by atoms with Crippen molar-refractivity contribution in [3.63, 3.8) is 0 Å². The van der Waals surface area contributed by atoms with Gasteiger partial charge in [-0.3, -0.25) is 0 Å². The van der Waals surface area contributed by atoms with E-state index in [0.29, 0.717) is 5.88 Å². The predicted molar refractivity (Wildman–Crippen MR) is 65.6 cm³/mol. The molecule has 0 aliphatic heterocycles. The van der Waals surface area contributed by atoms with Crippen molar-refractivity contribution in [2.45, 2.75) is 13.8 Å². The fraction of sp³-hybridized carbons (Fsp3) is 0.154. The van der Waals surface area contributed by atoms with Crippen LogP contribution in [0, 0.1) is 13.8 Å². The highest BCUT2D eigenvalue weighted by Crippen LogP contribution is 2.34. The normalized spacial score (nSPS) is 11.2. The Labute approximate surface area is 98.0 Å².